The van der Waals surface area contributed by atoms with Gasteiger partial charge in [0.05, 0.1) is 7.11 Å². The summed E-state index contributed by atoms with van der Waals surface area (Å²) in [4.78, 5) is 25.5. The van der Waals surface area contributed by atoms with Crippen molar-refractivity contribution in [3.63, 3.8) is 0 Å². The van der Waals surface area contributed by atoms with E-state index in [1.807, 2.05) is 29.2 Å². The second-order valence-electron chi connectivity index (χ2n) is 7.61. The Balaban J connectivity index is 1.25. The van der Waals surface area contributed by atoms with Crippen LogP contribution in [0.4, 0.5) is 0 Å². The Morgan fingerprint density at radius 2 is 1.87 bits per heavy atom. The third-order valence-corrected chi connectivity index (χ3v) is 5.47. The molecule has 2 aromatic heterocycles. The van der Waals surface area contributed by atoms with Crippen LogP contribution in [-0.2, 0) is 17.8 Å². The number of pyridine rings is 1. The van der Waals surface area contributed by atoms with E-state index in [9.17, 15) is 4.79 Å². The number of benzene rings is 1. The van der Waals surface area contributed by atoms with Crippen molar-refractivity contribution in [3.05, 3.63) is 60.2 Å². The molecule has 1 fully saturated rings. The number of aryl methyl sites for hydroxylation is 1. The van der Waals surface area contributed by atoms with Crippen LogP contribution in [0, 0.1) is 0 Å². The molecule has 1 amide bonds. The first-order valence-electron chi connectivity index (χ1n) is 10.6. The summed E-state index contributed by atoms with van der Waals surface area (Å²) in [5.41, 5.74) is 2.10. The molecule has 0 bridgehead atoms. The minimum absolute atomic E-state index is 0.134. The van der Waals surface area contributed by atoms with Gasteiger partial charge in [-0.25, -0.2) is 0 Å². The molecule has 1 aliphatic heterocycles. The Bertz CT molecular complexity index is 974. The van der Waals surface area contributed by atoms with Crippen LogP contribution in [0.15, 0.2) is 53.3 Å². The zero-order chi connectivity index (χ0) is 21.5. The normalized spacial score (nSPS) is 14.9. The number of carbonyl (C=O) groups is 1. The second-order valence-corrected chi connectivity index (χ2v) is 7.61. The SMILES string of the molecule is COc1ccc(CN2CCCN(C(=O)CCc3nc(-c4ccncc4)no3)CC2)cc1. The maximum Gasteiger partial charge on any atom is 0.227 e. The van der Waals surface area contributed by atoms with Gasteiger partial charge in [-0.1, -0.05) is 17.3 Å². The van der Waals surface area contributed by atoms with Crippen molar-refractivity contribution in [2.75, 3.05) is 33.3 Å². The number of carbonyl (C=O) groups excluding carboxylic acids is 1. The fourth-order valence-electron chi connectivity index (χ4n) is 3.71. The first-order chi connectivity index (χ1) is 15.2. The highest BCUT2D eigenvalue weighted by Crippen LogP contribution is 2.16. The molecule has 31 heavy (non-hydrogen) atoms. The van der Waals surface area contributed by atoms with Gasteiger partial charge in [0.15, 0.2) is 0 Å². The molecular weight excluding hydrogens is 394 g/mol. The lowest BCUT2D eigenvalue weighted by Gasteiger charge is -2.22. The Labute approximate surface area is 181 Å². The van der Waals surface area contributed by atoms with Crippen molar-refractivity contribution in [3.8, 4) is 17.1 Å². The molecule has 1 aromatic carbocycles. The Hall–Kier alpha value is -3.26. The Morgan fingerprint density at radius 3 is 2.65 bits per heavy atom. The van der Waals surface area contributed by atoms with Gasteiger partial charge in [-0.3, -0.25) is 14.7 Å². The van der Waals surface area contributed by atoms with E-state index in [-0.39, 0.29) is 5.91 Å². The van der Waals surface area contributed by atoms with Crippen LogP contribution in [-0.4, -0.2) is 64.1 Å². The summed E-state index contributed by atoms with van der Waals surface area (Å²) >= 11 is 0. The van der Waals surface area contributed by atoms with Gasteiger partial charge in [-0.05, 0) is 36.2 Å². The predicted molar refractivity (Wildman–Crippen MR) is 115 cm³/mol. The summed E-state index contributed by atoms with van der Waals surface area (Å²) < 4.78 is 10.5. The van der Waals surface area contributed by atoms with Crippen molar-refractivity contribution < 1.29 is 14.1 Å². The van der Waals surface area contributed by atoms with E-state index in [4.69, 9.17) is 9.26 Å². The average molecular weight is 422 g/mol. The fourth-order valence-corrected chi connectivity index (χ4v) is 3.71. The van der Waals surface area contributed by atoms with Crippen LogP contribution in [0.3, 0.4) is 0 Å². The van der Waals surface area contributed by atoms with Crippen LogP contribution in [0.2, 0.25) is 0 Å². The summed E-state index contributed by atoms with van der Waals surface area (Å²) in [5, 5.41) is 4.00. The molecule has 0 atom stereocenters. The molecule has 3 heterocycles. The molecule has 0 saturated carbocycles. The predicted octanol–water partition coefficient (Wildman–Crippen LogP) is 2.81. The molecule has 1 aliphatic rings. The smallest absolute Gasteiger partial charge is 0.227 e. The molecule has 0 spiro atoms. The van der Waals surface area contributed by atoms with Crippen molar-refractivity contribution in [1.29, 1.82) is 0 Å². The number of rotatable bonds is 7. The van der Waals surface area contributed by atoms with Gasteiger partial charge >= 0.3 is 0 Å². The maximum absolute atomic E-state index is 12.7. The number of ether oxygens (including phenoxy) is 1. The van der Waals surface area contributed by atoms with Crippen molar-refractivity contribution in [2.24, 2.45) is 0 Å². The lowest BCUT2D eigenvalue weighted by atomic mass is 10.2. The number of aromatic nitrogens is 3. The highest BCUT2D eigenvalue weighted by Gasteiger charge is 2.20. The van der Waals surface area contributed by atoms with Crippen LogP contribution in [0.5, 0.6) is 5.75 Å². The molecule has 0 unspecified atom stereocenters. The lowest BCUT2D eigenvalue weighted by Crippen LogP contribution is -2.35. The van der Waals surface area contributed by atoms with Gasteiger partial charge in [-0.15, -0.1) is 0 Å². The van der Waals surface area contributed by atoms with E-state index < -0.39 is 0 Å². The monoisotopic (exact) mass is 421 g/mol. The number of amides is 1. The maximum atomic E-state index is 12.7. The molecule has 1 saturated heterocycles. The number of hydrogen-bond acceptors (Lipinski definition) is 7. The van der Waals surface area contributed by atoms with Crippen LogP contribution >= 0.6 is 0 Å². The van der Waals surface area contributed by atoms with E-state index in [1.54, 1.807) is 19.5 Å². The van der Waals surface area contributed by atoms with E-state index in [0.29, 0.717) is 24.6 Å². The molecule has 3 aromatic rings. The van der Waals surface area contributed by atoms with E-state index in [0.717, 1.165) is 50.5 Å². The molecular formula is C23H27N5O3. The van der Waals surface area contributed by atoms with Gasteiger partial charge in [0.2, 0.25) is 17.6 Å². The highest BCUT2D eigenvalue weighted by molar-refractivity contribution is 5.76. The Kier molecular flexibility index (Phi) is 6.89. The Morgan fingerprint density at radius 1 is 1.06 bits per heavy atom. The highest BCUT2D eigenvalue weighted by atomic mass is 16.5. The van der Waals surface area contributed by atoms with Crippen LogP contribution in [0.25, 0.3) is 11.4 Å². The average Bonchev–Trinajstić information content (AvgIpc) is 3.17. The second kappa shape index (κ2) is 10.2. The first-order valence-corrected chi connectivity index (χ1v) is 10.6. The topological polar surface area (TPSA) is 84.6 Å². The third kappa shape index (κ3) is 5.67. The van der Waals surface area contributed by atoms with E-state index in [2.05, 4.69) is 32.2 Å². The third-order valence-electron chi connectivity index (χ3n) is 5.47. The molecule has 162 valence electrons. The zero-order valence-electron chi connectivity index (χ0n) is 17.7. The van der Waals surface area contributed by atoms with Gasteiger partial charge in [0, 0.05) is 63.5 Å². The van der Waals surface area contributed by atoms with Crippen molar-refractivity contribution in [1.82, 2.24) is 24.9 Å². The summed E-state index contributed by atoms with van der Waals surface area (Å²) in [7, 11) is 1.67. The number of hydrogen-bond donors (Lipinski definition) is 0. The minimum atomic E-state index is 0.134. The van der Waals surface area contributed by atoms with E-state index >= 15 is 0 Å². The quantitative estimate of drug-likeness (QED) is 0.580. The molecule has 0 aliphatic carbocycles. The van der Waals surface area contributed by atoms with Gasteiger partial charge in [-0.2, -0.15) is 4.98 Å². The van der Waals surface area contributed by atoms with Crippen molar-refractivity contribution in [2.45, 2.75) is 25.8 Å². The minimum Gasteiger partial charge on any atom is -0.497 e. The largest absolute Gasteiger partial charge is 0.497 e. The zero-order valence-corrected chi connectivity index (χ0v) is 17.7. The standard InChI is InChI=1S/C23H27N5O3/c1-30-20-5-3-18(4-6-20)17-27-13-2-14-28(16-15-27)22(29)8-7-21-25-23(26-31-21)19-9-11-24-12-10-19/h3-6,9-12H,2,7-8,13-17H2,1H3. The van der Waals surface area contributed by atoms with Crippen molar-refractivity contribution >= 4 is 5.91 Å². The van der Waals surface area contributed by atoms with Crippen LogP contribution in [0.1, 0.15) is 24.3 Å². The number of nitrogens with zero attached hydrogens (tertiary/aromatic N) is 5. The molecule has 4 rings (SSSR count). The first kappa shape index (κ1) is 21.0. The lowest BCUT2D eigenvalue weighted by molar-refractivity contribution is -0.131. The van der Waals surface area contributed by atoms with E-state index in [1.165, 1.54) is 5.56 Å². The van der Waals surface area contributed by atoms with Gasteiger partial charge in [0.25, 0.3) is 0 Å². The van der Waals surface area contributed by atoms with Crippen LogP contribution < -0.4 is 4.74 Å². The molecule has 0 radical (unpaired) electrons. The fraction of sp³-hybridized carbons (Fsp3) is 0.391. The molecule has 0 N–H and O–H groups in total. The molecule has 8 heteroatoms. The van der Waals surface area contributed by atoms with Gasteiger partial charge in [0.1, 0.15) is 5.75 Å². The van der Waals surface area contributed by atoms with Gasteiger partial charge < -0.3 is 14.2 Å². The summed E-state index contributed by atoms with van der Waals surface area (Å²) in [5.74, 6) is 2.01. The number of methoxy groups -OCH3 is 1. The summed E-state index contributed by atoms with van der Waals surface area (Å²) in [6, 6.07) is 11.8. The summed E-state index contributed by atoms with van der Waals surface area (Å²) in [6.07, 6.45) is 5.16. The summed E-state index contributed by atoms with van der Waals surface area (Å²) in [6.45, 7) is 4.25. The molecule has 8 nitrogen and oxygen atoms in total.